The first-order valence-corrected chi connectivity index (χ1v) is 9.73. The number of thioether (sulfide) groups is 1. The number of nitrogens with two attached hydrogens (primary N) is 1. The van der Waals surface area contributed by atoms with E-state index in [1.807, 2.05) is 0 Å². The molecule has 128 valence electrons. The number of piperidine rings is 1. The summed E-state index contributed by atoms with van der Waals surface area (Å²) in [7, 11) is 0. The van der Waals surface area contributed by atoms with Crippen LogP contribution in [0.5, 0.6) is 0 Å². The average molecular weight is 344 g/mol. The van der Waals surface area contributed by atoms with E-state index in [1.54, 1.807) is 11.8 Å². The van der Waals surface area contributed by atoms with Gasteiger partial charge in [0.05, 0.1) is 11.4 Å². The zero-order chi connectivity index (χ0) is 16.7. The number of nitrogens with one attached hydrogen (secondary N) is 1. The first-order valence-electron chi connectivity index (χ1n) is 8.78. The van der Waals surface area contributed by atoms with E-state index < -0.39 is 0 Å². The molecule has 4 nitrogen and oxygen atoms in total. The summed E-state index contributed by atoms with van der Waals surface area (Å²) in [5.41, 5.74) is 8.04. The van der Waals surface area contributed by atoms with Crippen molar-refractivity contribution in [1.82, 2.24) is 5.32 Å². The van der Waals surface area contributed by atoms with Crippen LogP contribution in [0.15, 0.2) is 35.7 Å². The third-order valence-electron chi connectivity index (χ3n) is 5.77. The van der Waals surface area contributed by atoms with Gasteiger partial charge in [0.2, 0.25) is 5.91 Å². The summed E-state index contributed by atoms with van der Waals surface area (Å²) >= 11 is 1.61. The van der Waals surface area contributed by atoms with Gasteiger partial charge in [-0.2, -0.15) is 0 Å². The summed E-state index contributed by atoms with van der Waals surface area (Å²) in [5.74, 6) is 0.720. The molecule has 4 N–H and O–H groups in total. The molecule has 1 aromatic rings. The number of carbonyl (C=O) groups excluding carboxylic acids is 1. The number of aliphatic hydroxyl groups excluding tert-OH is 1. The van der Waals surface area contributed by atoms with Crippen molar-refractivity contribution in [3.8, 4) is 0 Å². The van der Waals surface area contributed by atoms with E-state index in [0.29, 0.717) is 6.54 Å². The van der Waals surface area contributed by atoms with Crippen molar-refractivity contribution in [3.05, 3.63) is 46.9 Å². The van der Waals surface area contributed by atoms with E-state index in [0.717, 1.165) is 19.3 Å². The number of fused-ring (bicyclic) bond motifs is 3. The first kappa shape index (κ1) is 16.2. The molecule has 2 aliphatic heterocycles. The molecule has 1 amide bonds. The molecule has 6 atom stereocenters. The molecular formula is C19H24N2O2S. The Bertz CT molecular complexity index is 645. The summed E-state index contributed by atoms with van der Waals surface area (Å²) in [6.45, 7) is 0.647. The standard InChI is InChI=1S/C19H24N2O2S/c20-9-7-11-1-3-12(4-2-11)16-15(22)6-5-14-17(16)13-8-10-24-18(13)19(23)21-14/h1-4,8,10,13-18,22H,5-7,9,20H2,(H,21,23). The maximum Gasteiger partial charge on any atom is 0.234 e. The molecule has 4 rings (SSSR count). The largest absolute Gasteiger partial charge is 0.392 e. The van der Waals surface area contributed by atoms with Gasteiger partial charge in [-0.3, -0.25) is 4.79 Å². The van der Waals surface area contributed by atoms with Crippen LogP contribution in [-0.4, -0.2) is 35.0 Å². The monoisotopic (exact) mass is 344 g/mol. The fourth-order valence-corrected chi connectivity index (χ4v) is 5.75. The number of amides is 1. The van der Waals surface area contributed by atoms with Crippen molar-refractivity contribution in [2.75, 3.05) is 6.54 Å². The number of benzene rings is 1. The fraction of sp³-hybridized carbons (Fsp3) is 0.526. The van der Waals surface area contributed by atoms with Crippen LogP contribution in [-0.2, 0) is 11.2 Å². The molecule has 1 aromatic carbocycles. The molecule has 24 heavy (non-hydrogen) atoms. The second-order valence-corrected chi connectivity index (χ2v) is 8.16. The number of carbonyl (C=O) groups is 1. The maximum absolute atomic E-state index is 12.3. The van der Waals surface area contributed by atoms with Gasteiger partial charge in [0, 0.05) is 17.9 Å². The summed E-state index contributed by atoms with van der Waals surface area (Å²) < 4.78 is 0. The Hall–Kier alpha value is -1.30. The Morgan fingerprint density at radius 2 is 2.04 bits per heavy atom. The molecule has 0 spiro atoms. The first-order chi connectivity index (χ1) is 11.7. The third kappa shape index (κ3) is 2.68. The van der Waals surface area contributed by atoms with Crippen molar-refractivity contribution in [1.29, 1.82) is 0 Å². The second kappa shape index (κ2) is 6.54. The van der Waals surface area contributed by atoms with Gasteiger partial charge in [-0.15, -0.1) is 11.8 Å². The molecule has 1 saturated carbocycles. The highest BCUT2D eigenvalue weighted by atomic mass is 32.2. The number of allylic oxidation sites excluding steroid dienone is 1. The normalized spacial score (nSPS) is 37.7. The number of aliphatic hydroxyl groups is 1. The van der Waals surface area contributed by atoms with Gasteiger partial charge >= 0.3 is 0 Å². The lowest BCUT2D eigenvalue weighted by Crippen LogP contribution is -2.59. The molecular weight excluding hydrogens is 320 g/mol. The molecule has 1 aliphatic carbocycles. The van der Waals surface area contributed by atoms with Crippen molar-refractivity contribution in [2.24, 2.45) is 17.6 Å². The van der Waals surface area contributed by atoms with Crippen LogP contribution < -0.4 is 11.1 Å². The molecule has 0 radical (unpaired) electrons. The van der Waals surface area contributed by atoms with Gasteiger partial charge in [-0.25, -0.2) is 0 Å². The average Bonchev–Trinajstić information content (AvgIpc) is 3.07. The molecule has 6 unspecified atom stereocenters. The Kier molecular flexibility index (Phi) is 4.41. The summed E-state index contributed by atoms with van der Waals surface area (Å²) in [4.78, 5) is 12.3. The highest BCUT2D eigenvalue weighted by molar-refractivity contribution is 8.03. The van der Waals surface area contributed by atoms with E-state index in [1.165, 1.54) is 11.1 Å². The van der Waals surface area contributed by atoms with Crippen molar-refractivity contribution < 1.29 is 9.90 Å². The Morgan fingerprint density at radius 1 is 1.25 bits per heavy atom. The molecule has 0 aromatic heterocycles. The number of hydrogen-bond acceptors (Lipinski definition) is 4. The van der Waals surface area contributed by atoms with Crippen LogP contribution in [0.2, 0.25) is 0 Å². The zero-order valence-electron chi connectivity index (χ0n) is 13.6. The minimum Gasteiger partial charge on any atom is -0.392 e. The van der Waals surface area contributed by atoms with Gasteiger partial charge in [-0.05, 0) is 48.3 Å². The fourth-order valence-electron chi connectivity index (χ4n) is 4.67. The Balaban J connectivity index is 1.67. The van der Waals surface area contributed by atoms with Crippen LogP contribution in [0.1, 0.15) is 29.9 Å². The van der Waals surface area contributed by atoms with Gasteiger partial charge in [0.25, 0.3) is 0 Å². The Labute approximate surface area is 146 Å². The van der Waals surface area contributed by atoms with Gasteiger partial charge in [0.1, 0.15) is 0 Å². The quantitative estimate of drug-likeness (QED) is 0.781. The highest BCUT2D eigenvalue weighted by Crippen LogP contribution is 2.50. The molecule has 1 saturated heterocycles. The lowest BCUT2D eigenvalue weighted by atomic mass is 9.63. The van der Waals surface area contributed by atoms with Crippen LogP contribution >= 0.6 is 11.8 Å². The van der Waals surface area contributed by atoms with Gasteiger partial charge < -0.3 is 16.2 Å². The topological polar surface area (TPSA) is 75.3 Å². The van der Waals surface area contributed by atoms with Crippen molar-refractivity contribution >= 4 is 17.7 Å². The second-order valence-electron chi connectivity index (χ2n) is 7.11. The van der Waals surface area contributed by atoms with E-state index >= 15 is 0 Å². The summed E-state index contributed by atoms with van der Waals surface area (Å²) in [5, 5.41) is 16.0. The lowest BCUT2D eigenvalue weighted by Gasteiger charge is -2.48. The van der Waals surface area contributed by atoms with Crippen LogP contribution in [0.25, 0.3) is 0 Å². The van der Waals surface area contributed by atoms with Crippen LogP contribution in [0.4, 0.5) is 0 Å². The van der Waals surface area contributed by atoms with E-state index in [2.05, 4.69) is 41.1 Å². The van der Waals surface area contributed by atoms with E-state index in [-0.39, 0.29) is 41.1 Å². The van der Waals surface area contributed by atoms with Gasteiger partial charge in [0.15, 0.2) is 0 Å². The highest BCUT2D eigenvalue weighted by Gasteiger charge is 2.51. The van der Waals surface area contributed by atoms with Crippen molar-refractivity contribution in [3.63, 3.8) is 0 Å². The summed E-state index contributed by atoms with van der Waals surface area (Å²) in [6, 6.07) is 8.68. The minimum absolute atomic E-state index is 0.0319. The van der Waals surface area contributed by atoms with Crippen molar-refractivity contribution in [2.45, 2.75) is 42.6 Å². The lowest BCUT2D eigenvalue weighted by molar-refractivity contribution is -0.126. The predicted octanol–water partition coefficient (Wildman–Crippen LogP) is 1.79. The molecule has 0 bridgehead atoms. The number of hydrogen-bond donors (Lipinski definition) is 3. The molecule has 2 heterocycles. The number of rotatable bonds is 3. The van der Waals surface area contributed by atoms with Gasteiger partial charge in [-0.1, -0.05) is 30.3 Å². The molecule has 3 aliphatic rings. The maximum atomic E-state index is 12.3. The predicted molar refractivity (Wildman–Crippen MR) is 96.6 cm³/mol. The SMILES string of the molecule is NCCc1ccc(C2C(O)CCC3NC(=O)C4SC=CC4C32)cc1. The minimum atomic E-state index is -0.346. The van der Waals surface area contributed by atoms with Crippen LogP contribution in [0, 0.1) is 11.8 Å². The molecule has 5 heteroatoms. The van der Waals surface area contributed by atoms with Crippen LogP contribution in [0.3, 0.4) is 0 Å². The summed E-state index contributed by atoms with van der Waals surface area (Å²) in [6.07, 6.45) is 4.31. The third-order valence-corrected chi connectivity index (χ3v) is 6.91. The zero-order valence-corrected chi connectivity index (χ0v) is 14.4. The smallest absolute Gasteiger partial charge is 0.234 e. The molecule has 2 fully saturated rings. The van der Waals surface area contributed by atoms with E-state index in [9.17, 15) is 9.90 Å². The Morgan fingerprint density at radius 3 is 2.79 bits per heavy atom. The van der Waals surface area contributed by atoms with E-state index in [4.69, 9.17) is 5.73 Å².